The first-order chi connectivity index (χ1) is 8.08. The van der Waals surface area contributed by atoms with Crippen molar-refractivity contribution in [2.45, 2.75) is 13.3 Å². The number of aryl methyl sites for hydroxylation is 1. The zero-order chi connectivity index (χ0) is 12.7. The van der Waals surface area contributed by atoms with Gasteiger partial charge in [-0.2, -0.15) is 0 Å². The van der Waals surface area contributed by atoms with Gasteiger partial charge in [-0.3, -0.25) is 9.69 Å². The highest BCUT2D eigenvalue weighted by Crippen LogP contribution is 2.12. The fourth-order valence-electron chi connectivity index (χ4n) is 1.54. The lowest BCUT2D eigenvalue weighted by Crippen LogP contribution is -2.27. The maximum absolute atomic E-state index is 10.4. The molecular weight excluding hydrogens is 218 g/mol. The van der Waals surface area contributed by atoms with Gasteiger partial charge in [-0.25, -0.2) is 0 Å². The zero-order valence-electron chi connectivity index (χ0n) is 10.3. The van der Waals surface area contributed by atoms with Gasteiger partial charge in [0.1, 0.15) is 5.75 Å². The first kappa shape index (κ1) is 13.5. The first-order valence-corrected chi connectivity index (χ1v) is 5.68. The van der Waals surface area contributed by atoms with Crippen LogP contribution in [-0.4, -0.2) is 42.7 Å². The molecule has 4 nitrogen and oxygen atoms in total. The second-order valence-corrected chi connectivity index (χ2v) is 4.15. The molecule has 0 saturated carbocycles. The first-order valence-electron chi connectivity index (χ1n) is 5.68. The second kappa shape index (κ2) is 6.91. The second-order valence-electron chi connectivity index (χ2n) is 4.15. The molecule has 0 bridgehead atoms. The minimum atomic E-state index is -0.799. The van der Waals surface area contributed by atoms with Crippen LogP contribution in [0.5, 0.6) is 5.75 Å². The molecule has 0 fully saturated rings. The Hall–Kier alpha value is -1.55. The van der Waals surface area contributed by atoms with Crippen molar-refractivity contribution in [3.05, 3.63) is 29.8 Å². The molecule has 0 aliphatic heterocycles. The van der Waals surface area contributed by atoms with Crippen molar-refractivity contribution in [2.24, 2.45) is 0 Å². The summed E-state index contributed by atoms with van der Waals surface area (Å²) in [5.41, 5.74) is 1.17. The average molecular weight is 237 g/mol. The molecule has 0 atom stereocenters. The van der Waals surface area contributed by atoms with E-state index >= 15 is 0 Å². The van der Waals surface area contributed by atoms with E-state index in [-0.39, 0.29) is 6.54 Å². The minimum Gasteiger partial charge on any atom is -0.494 e. The maximum Gasteiger partial charge on any atom is 0.317 e. The SMILES string of the molecule is Cc1cccc(OCCCN(C)CC(=O)O)c1. The summed E-state index contributed by atoms with van der Waals surface area (Å²) in [6.07, 6.45) is 0.817. The Morgan fingerprint density at radius 3 is 2.88 bits per heavy atom. The van der Waals surface area contributed by atoms with Gasteiger partial charge in [-0.15, -0.1) is 0 Å². The summed E-state index contributed by atoms with van der Waals surface area (Å²) >= 11 is 0. The van der Waals surface area contributed by atoms with Gasteiger partial charge in [0.25, 0.3) is 0 Å². The van der Waals surface area contributed by atoms with E-state index in [1.54, 1.807) is 11.9 Å². The molecule has 1 rings (SSSR count). The number of benzene rings is 1. The van der Waals surface area contributed by atoms with Crippen molar-refractivity contribution < 1.29 is 14.6 Å². The molecule has 0 aliphatic carbocycles. The summed E-state index contributed by atoms with van der Waals surface area (Å²) < 4.78 is 5.57. The van der Waals surface area contributed by atoms with Crippen LogP contribution in [0.15, 0.2) is 24.3 Å². The third-order valence-corrected chi connectivity index (χ3v) is 2.35. The standard InChI is InChI=1S/C13H19NO3/c1-11-5-3-6-12(9-11)17-8-4-7-14(2)10-13(15)16/h3,5-6,9H,4,7-8,10H2,1-2H3,(H,15,16). The highest BCUT2D eigenvalue weighted by Gasteiger charge is 2.03. The van der Waals surface area contributed by atoms with E-state index in [9.17, 15) is 4.79 Å². The lowest BCUT2D eigenvalue weighted by molar-refractivity contribution is -0.138. The van der Waals surface area contributed by atoms with Gasteiger partial charge in [0.05, 0.1) is 13.2 Å². The van der Waals surface area contributed by atoms with E-state index in [1.807, 2.05) is 31.2 Å². The van der Waals surface area contributed by atoms with Gasteiger partial charge < -0.3 is 9.84 Å². The third-order valence-electron chi connectivity index (χ3n) is 2.35. The number of ether oxygens (including phenoxy) is 1. The molecule has 0 radical (unpaired) electrons. The molecule has 0 aromatic heterocycles. The predicted octanol–water partition coefficient (Wildman–Crippen LogP) is 1.78. The largest absolute Gasteiger partial charge is 0.494 e. The van der Waals surface area contributed by atoms with Crippen molar-refractivity contribution in [3.8, 4) is 5.75 Å². The van der Waals surface area contributed by atoms with Crippen molar-refractivity contribution in [3.63, 3.8) is 0 Å². The molecule has 0 heterocycles. The molecular formula is C13H19NO3. The molecule has 0 saturated heterocycles. The van der Waals surface area contributed by atoms with Gasteiger partial charge in [0, 0.05) is 6.54 Å². The fraction of sp³-hybridized carbons (Fsp3) is 0.462. The summed E-state index contributed by atoms with van der Waals surface area (Å²) in [5.74, 6) is 0.0676. The van der Waals surface area contributed by atoms with Crippen LogP contribution in [0, 0.1) is 6.92 Å². The minimum absolute atomic E-state index is 0.0739. The molecule has 17 heavy (non-hydrogen) atoms. The highest BCUT2D eigenvalue weighted by molar-refractivity contribution is 5.68. The van der Waals surface area contributed by atoms with E-state index < -0.39 is 5.97 Å². The summed E-state index contributed by atoms with van der Waals surface area (Å²) in [7, 11) is 1.79. The Kier molecular flexibility index (Phi) is 5.49. The van der Waals surface area contributed by atoms with Crippen molar-refractivity contribution in [2.75, 3.05) is 26.7 Å². The van der Waals surface area contributed by atoms with Crippen molar-refractivity contribution in [1.29, 1.82) is 0 Å². The van der Waals surface area contributed by atoms with Crippen LogP contribution in [0.25, 0.3) is 0 Å². The number of nitrogens with zero attached hydrogens (tertiary/aromatic N) is 1. The third kappa shape index (κ3) is 5.92. The summed E-state index contributed by atoms with van der Waals surface area (Å²) in [6, 6.07) is 7.89. The van der Waals surface area contributed by atoms with Crippen LogP contribution in [0.1, 0.15) is 12.0 Å². The van der Waals surface area contributed by atoms with Crippen LogP contribution in [0.3, 0.4) is 0 Å². The van der Waals surface area contributed by atoms with Crippen LogP contribution < -0.4 is 4.74 Å². The van der Waals surface area contributed by atoms with Crippen molar-refractivity contribution >= 4 is 5.97 Å². The van der Waals surface area contributed by atoms with Gasteiger partial charge in [0.2, 0.25) is 0 Å². The van der Waals surface area contributed by atoms with E-state index in [4.69, 9.17) is 9.84 Å². The summed E-state index contributed by atoms with van der Waals surface area (Å²) in [5, 5.41) is 8.58. The Balaban J connectivity index is 2.18. The molecule has 4 heteroatoms. The average Bonchev–Trinajstić information content (AvgIpc) is 2.23. The van der Waals surface area contributed by atoms with E-state index in [1.165, 1.54) is 5.56 Å². The van der Waals surface area contributed by atoms with Crippen LogP contribution in [0.2, 0.25) is 0 Å². The van der Waals surface area contributed by atoms with Gasteiger partial charge in [-0.05, 0) is 38.1 Å². The molecule has 1 N–H and O–H groups in total. The van der Waals surface area contributed by atoms with E-state index in [2.05, 4.69) is 0 Å². The normalized spacial score (nSPS) is 10.5. The van der Waals surface area contributed by atoms with Gasteiger partial charge >= 0.3 is 5.97 Å². The number of carboxylic acid groups (broad SMARTS) is 1. The number of rotatable bonds is 7. The van der Waals surface area contributed by atoms with Crippen molar-refractivity contribution in [1.82, 2.24) is 4.90 Å². The smallest absolute Gasteiger partial charge is 0.317 e. The number of aliphatic carboxylic acids is 1. The molecule has 0 spiro atoms. The maximum atomic E-state index is 10.4. The topological polar surface area (TPSA) is 49.8 Å². The molecule has 1 aromatic carbocycles. The van der Waals surface area contributed by atoms with E-state index in [0.29, 0.717) is 6.61 Å². The van der Waals surface area contributed by atoms with Crippen LogP contribution in [-0.2, 0) is 4.79 Å². The molecule has 0 aliphatic rings. The lowest BCUT2D eigenvalue weighted by atomic mass is 10.2. The Bertz CT molecular complexity index is 365. The Morgan fingerprint density at radius 2 is 2.24 bits per heavy atom. The van der Waals surface area contributed by atoms with Gasteiger partial charge in [0.15, 0.2) is 0 Å². The lowest BCUT2D eigenvalue weighted by Gasteiger charge is -2.14. The quantitative estimate of drug-likeness (QED) is 0.734. The number of carbonyl (C=O) groups is 1. The van der Waals surface area contributed by atoms with Gasteiger partial charge in [-0.1, -0.05) is 12.1 Å². The van der Waals surface area contributed by atoms with E-state index in [0.717, 1.165) is 18.7 Å². The molecule has 94 valence electrons. The summed E-state index contributed by atoms with van der Waals surface area (Å²) in [4.78, 5) is 12.2. The molecule has 1 aromatic rings. The summed E-state index contributed by atoms with van der Waals surface area (Å²) in [6.45, 7) is 3.42. The van der Waals surface area contributed by atoms with Crippen LogP contribution in [0.4, 0.5) is 0 Å². The molecule has 0 unspecified atom stereocenters. The number of hydrogen-bond acceptors (Lipinski definition) is 3. The Morgan fingerprint density at radius 1 is 1.47 bits per heavy atom. The highest BCUT2D eigenvalue weighted by atomic mass is 16.5. The Labute approximate surface area is 102 Å². The predicted molar refractivity (Wildman–Crippen MR) is 66.4 cm³/mol. The monoisotopic (exact) mass is 237 g/mol. The number of likely N-dealkylation sites (N-methyl/N-ethyl adjacent to an activating group) is 1. The number of carboxylic acids is 1. The van der Waals surface area contributed by atoms with Crippen LogP contribution >= 0.6 is 0 Å². The molecule has 0 amide bonds. The number of hydrogen-bond donors (Lipinski definition) is 1. The fourth-order valence-corrected chi connectivity index (χ4v) is 1.54. The zero-order valence-corrected chi connectivity index (χ0v) is 10.3.